The van der Waals surface area contributed by atoms with Gasteiger partial charge in [-0.2, -0.15) is 0 Å². The SMILES string of the molecule is CC(C)(CCO)NC(=O)n1ccnc1. The highest BCUT2D eigenvalue weighted by Crippen LogP contribution is 2.07. The average molecular weight is 197 g/mol. The summed E-state index contributed by atoms with van der Waals surface area (Å²) in [5.41, 5.74) is -0.407. The Morgan fingerprint density at radius 1 is 1.64 bits per heavy atom. The molecule has 0 aliphatic carbocycles. The van der Waals surface area contributed by atoms with E-state index in [4.69, 9.17) is 5.11 Å². The molecule has 0 aliphatic heterocycles. The van der Waals surface area contributed by atoms with Crippen molar-refractivity contribution in [2.45, 2.75) is 25.8 Å². The molecule has 5 heteroatoms. The summed E-state index contributed by atoms with van der Waals surface area (Å²) in [6, 6.07) is -0.235. The lowest BCUT2D eigenvalue weighted by Crippen LogP contribution is -2.45. The quantitative estimate of drug-likeness (QED) is 0.745. The summed E-state index contributed by atoms with van der Waals surface area (Å²) in [6.45, 7) is 3.77. The lowest BCUT2D eigenvalue weighted by atomic mass is 10.0. The smallest absolute Gasteiger partial charge is 0.327 e. The van der Waals surface area contributed by atoms with Crippen LogP contribution in [0.3, 0.4) is 0 Å². The van der Waals surface area contributed by atoms with Gasteiger partial charge < -0.3 is 10.4 Å². The zero-order valence-corrected chi connectivity index (χ0v) is 8.40. The minimum absolute atomic E-state index is 0.0528. The van der Waals surface area contributed by atoms with Gasteiger partial charge >= 0.3 is 6.03 Å². The first kappa shape index (κ1) is 10.7. The Hall–Kier alpha value is -1.36. The van der Waals surface area contributed by atoms with Crippen LogP contribution >= 0.6 is 0 Å². The van der Waals surface area contributed by atoms with Crippen LogP contribution < -0.4 is 5.32 Å². The van der Waals surface area contributed by atoms with E-state index in [9.17, 15) is 4.79 Å². The Morgan fingerprint density at radius 3 is 2.86 bits per heavy atom. The Labute approximate surface area is 82.8 Å². The number of amides is 1. The molecule has 0 bridgehead atoms. The molecule has 1 heterocycles. The second-order valence-electron chi connectivity index (χ2n) is 3.76. The molecule has 1 rings (SSSR count). The molecule has 0 aliphatic rings. The van der Waals surface area contributed by atoms with E-state index >= 15 is 0 Å². The van der Waals surface area contributed by atoms with Gasteiger partial charge in [0.05, 0.1) is 0 Å². The number of aliphatic hydroxyl groups is 1. The molecule has 0 saturated carbocycles. The summed E-state index contributed by atoms with van der Waals surface area (Å²) >= 11 is 0. The molecule has 0 radical (unpaired) electrons. The number of carbonyl (C=O) groups is 1. The van der Waals surface area contributed by atoms with Gasteiger partial charge in [-0.3, -0.25) is 4.57 Å². The van der Waals surface area contributed by atoms with Gasteiger partial charge in [-0.15, -0.1) is 0 Å². The normalized spacial score (nSPS) is 11.4. The van der Waals surface area contributed by atoms with Crippen molar-refractivity contribution in [2.75, 3.05) is 6.61 Å². The van der Waals surface area contributed by atoms with E-state index in [2.05, 4.69) is 10.3 Å². The highest BCUT2D eigenvalue weighted by molar-refractivity contribution is 5.77. The molecule has 78 valence electrons. The van der Waals surface area contributed by atoms with Crippen LogP contribution in [0.2, 0.25) is 0 Å². The zero-order chi connectivity index (χ0) is 10.6. The monoisotopic (exact) mass is 197 g/mol. The lowest BCUT2D eigenvalue weighted by molar-refractivity contribution is 0.211. The number of nitrogens with one attached hydrogen (secondary N) is 1. The topological polar surface area (TPSA) is 67.2 Å². The number of rotatable bonds is 3. The number of hydrogen-bond donors (Lipinski definition) is 2. The van der Waals surface area contributed by atoms with Crippen molar-refractivity contribution in [3.63, 3.8) is 0 Å². The Kier molecular flexibility index (Phi) is 3.24. The molecular formula is C9H15N3O2. The maximum Gasteiger partial charge on any atom is 0.327 e. The number of aromatic nitrogens is 2. The van der Waals surface area contributed by atoms with E-state index in [0.29, 0.717) is 6.42 Å². The number of carbonyl (C=O) groups excluding carboxylic acids is 1. The van der Waals surface area contributed by atoms with Crippen LogP contribution in [0.5, 0.6) is 0 Å². The molecule has 1 aromatic rings. The first-order valence-electron chi connectivity index (χ1n) is 4.46. The van der Waals surface area contributed by atoms with E-state index in [-0.39, 0.29) is 12.6 Å². The maximum absolute atomic E-state index is 11.5. The van der Waals surface area contributed by atoms with Crippen LogP contribution in [0.15, 0.2) is 18.7 Å². The standard InChI is InChI=1S/C9H15N3O2/c1-9(2,3-6-13)11-8(14)12-5-4-10-7-12/h4-5,7,13H,3,6H2,1-2H3,(H,11,14). The first-order chi connectivity index (χ1) is 6.55. The van der Waals surface area contributed by atoms with Crippen molar-refractivity contribution in [1.29, 1.82) is 0 Å². The number of aliphatic hydroxyl groups excluding tert-OH is 1. The summed E-state index contributed by atoms with van der Waals surface area (Å²) in [4.78, 5) is 15.3. The fraction of sp³-hybridized carbons (Fsp3) is 0.556. The zero-order valence-electron chi connectivity index (χ0n) is 8.40. The number of nitrogens with zero attached hydrogens (tertiary/aromatic N) is 2. The fourth-order valence-corrected chi connectivity index (χ4v) is 1.08. The molecule has 1 aromatic heterocycles. The van der Waals surface area contributed by atoms with Gasteiger partial charge in [0, 0.05) is 24.5 Å². The Morgan fingerprint density at radius 2 is 2.36 bits per heavy atom. The maximum atomic E-state index is 11.5. The van der Waals surface area contributed by atoms with Gasteiger partial charge in [-0.25, -0.2) is 9.78 Å². The van der Waals surface area contributed by atoms with Crippen LogP contribution in [-0.2, 0) is 0 Å². The van der Waals surface area contributed by atoms with Gasteiger partial charge in [-0.1, -0.05) is 0 Å². The highest BCUT2D eigenvalue weighted by atomic mass is 16.3. The van der Waals surface area contributed by atoms with Gasteiger partial charge in [0.15, 0.2) is 0 Å². The molecule has 0 atom stereocenters. The number of hydrogen-bond acceptors (Lipinski definition) is 3. The molecule has 0 unspecified atom stereocenters. The molecule has 0 saturated heterocycles. The van der Waals surface area contributed by atoms with E-state index in [1.165, 1.54) is 10.9 Å². The van der Waals surface area contributed by atoms with Crippen LogP contribution in [0, 0.1) is 0 Å². The highest BCUT2D eigenvalue weighted by Gasteiger charge is 2.19. The summed E-state index contributed by atoms with van der Waals surface area (Å²) in [7, 11) is 0. The summed E-state index contributed by atoms with van der Waals surface area (Å²) in [6.07, 6.45) is 5.07. The molecule has 0 spiro atoms. The van der Waals surface area contributed by atoms with Gasteiger partial charge in [0.25, 0.3) is 0 Å². The van der Waals surface area contributed by atoms with Gasteiger partial charge in [-0.05, 0) is 20.3 Å². The summed E-state index contributed by atoms with van der Waals surface area (Å²) < 4.78 is 1.36. The molecule has 2 N–H and O–H groups in total. The van der Waals surface area contributed by atoms with Crippen molar-refractivity contribution in [3.8, 4) is 0 Å². The molecule has 5 nitrogen and oxygen atoms in total. The third kappa shape index (κ3) is 2.85. The average Bonchev–Trinajstić information content (AvgIpc) is 2.53. The second-order valence-corrected chi connectivity index (χ2v) is 3.76. The molecular weight excluding hydrogens is 182 g/mol. The Balaban J connectivity index is 2.57. The molecule has 14 heavy (non-hydrogen) atoms. The van der Waals surface area contributed by atoms with Gasteiger partial charge in [0.2, 0.25) is 0 Å². The third-order valence-electron chi connectivity index (χ3n) is 1.92. The van der Waals surface area contributed by atoms with Crippen LogP contribution in [0.1, 0.15) is 20.3 Å². The molecule has 0 fully saturated rings. The first-order valence-corrected chi connectivity index (χ1v) is 4.46. The molecule has 0 aromatic carbocycles. The minimum atomic E-state index is -0.407. The molecule has 1 amide bonds. The predicted octanol–water partition coefficient (Wildman–Crippen LogP) is 0.602. The predicted molar refractivity (Wildman–Crippen MR) is 51.9 cm³/mol. The van der Waals surface area contributed by atoms with Crippen molar-refractivity contribution >= 4 is 6.03 Å². The summed E-state index contributed by atoms with van der Waals surface area (Å²) in [5.74, 6) is 0. The van der Waals surface area contributed by atoms with E-state index in [0.717, 1.165) is 0 Å². The van der Waals surface area contributed by atoms with Crippen LogP contribution in [0.4, 0.5) is 4.79 Å². The third-order valence-corrected chi connectivity index (χ3v) is 1.92. The largest absolute Gasteiger partial charge is 0.396 e. The minimum Gasteiger partial charge on any atom is -0.396 e. The van der Waals surface area contributed by atoms with Crippen molar-refractivity contribution in [3.05, 3.63) is 18.7 Å². The van der Waals surface area contributed by atoms with Crippen LogP contribution in [0.25, 0.3) is 0 Å². The number of imidazole rings is 1. The Bertz CT molecular complexity index is 293. The van der Waals surface area contributed by atoms with Crippen molar-refractivity contribution in [1.82, 2.24) is 14.9 Å². The van der Waals surface area contributed by atoms with Crippen LogP contribution in [-0.4, -0.2) is 32.8 Å². The summed E-state index contributed by atoms with van der Waals surface area (Å²) in [5, 5.41) is 11.6. The lowest BCUT2D eigenvalue weighted by Gasteiger charge is -2.25. The second kappa shape index (κ2) is 4.23. The van der Waals surface area contributed by atoms with Crippen molar-refractivity contribution in [2.24, 2.45) is 0 Å². The van der Waals surface area contributed by atoms with E-state index < -0.39 is 5.54 Å². The van der Waals surface area contributed by atoms with E-state index in [1.807, 2.05) is 13.8 Å². The van der Waals surface area contributed by atoms with Gasteiger partial charge in [0.1, 0.15) is 6.33 Å². The van der Waals surface area contributed by atoms with E-state index in [1.54, 1.807) is 12.4 Å². The van der Waals surface area contributed by atoms with Crippen molar-refractivity contribution < 1.29 is 9.90 Å². The fourth-order valence-electron chi connectivity index (χ4n) is 1.08.